The molecule has 1 heterocycles. The molecule has 0 spiro atoms. The zero-order chi connectivity index (χ0) is 15.1. The van der Waals surface area contributed by atoms with Gasteiger partial charge in [-0.3, -0.25) is 9.59 Å². The highest BCUT2D eigenvalue weighted by Crippen LogP contribution is 2.20. The van der Waals surface area contributed by atoms with Crippen LogP contribution in [0.25, 0.3) is 0 Å². The van der Waals surface area contributed by atoms with Gasteiger partial charge in [-0.25, -0.2) is 0 Å². The van der Waals surface area contributed by atoms with Gasteiger partial charge in [-0.2, -0.15) is 0 Å². The molecule has 2 N–H and O–H groups in total. The minimum absolute atomic E-state index is 0. The second-order valence-electron chi connectivity index (χ2n) is 5.58. The van der Waals surface area contributed by atoms with Gasteiger partial charge in [0.25, 0.3) is 0 Å². The molecule has 5 nitrogen and oxygen atoms in total. The Kier molecular flexibility index (Phi) is 9.62. The van der Waals surface area contributed by atoms with Crippen LogP contribution in [0, 0.1) is 0 Å². The summed E-state index contributed by atoms with van der Waals surface area (Å²) in [4.78, 5) is 27.9. The highest BCUT2D eigenvalue weighted by Gasteiger charge is 2.29. The van der Waals surface area contributed by atoms with E-state index in [1.165, 1.54) is 0 Å². The number of nitrogens with zero attached hydrogens (tertiary/aromatic N) is 2. The van der Waals surface area contributed by atoms with Crippen LogP contribution >= 0.6 is 12.4 Å². The first-order valence-electron chi connectivity index (χ1n) is 7.84. The van der Waals surface area contributed by atoms with Gasteiger partial charge in [-0.1, -0.05) is 0 Å². The molecule has 0 aromatic carbocycles. The number of carbonyl (C=O) groups excluding carboxylic acids is 2. The normalized spacial score (nSPS) is 19.6. The van der Waals surface area contributed by atoms with E-state index in [1.807, 2.05) is 25.7 Å². The lowest BCUT2D eigenvalue weighted by Gasteiger charge is -2.38. The predicted molar refractivity (Wildman–Crippen MR) is 87.4 cm³/mol. The lowest BCUT2D eigenvalue weighted by molar-refractivity contribution is -0.139. The van der Waals surface area contributed by atoms with Crippen LogP contribution in [-0.4, -0.2) is 53.3 Å². The highest BCUT2D eigenvalue weighted by molar-refractivity contribution is 5.85. The summed E-state index contributed by atoms with van der Waals surface area (Å²) in [7, 11) is 0. The van der Waals surface area contributed by atoms with E-state index in [1.54, 1.807) is 4.90 Å². The molecule has 1 aliphatic rings. The number of nitrogens with two attached hydrogens (primary N) is 1. The maximum atomic E-state index is 12.3. The van der Waals surface area contributed by atoms with Gasteiger partial charge in [-0.05, 0) is 40.0 Å². The Hall–Kier alpha value is -0.810. The third kappa shape index (κ3) is 5.83. The Morgan fingerprint density at radius 3 is 2.38 bits per heavy atom. The van der Waals surface area contributed by atoms with Gasteiger partial charge in [0.1, 0.15) is 0 Å². The van der Waals surface area contributed by atoms with Crippen molar-refractivity contribution < 1.29 is 9.59 Å². The van der Waals surface area contributed by atoms with Crippen LogP contribution in [0.5, 0.6) is 0 Å². The smallest absolute Gasteiger partial charge is 0.223 e. The van der Waals surface area contributed by atoms with Gasteiger partial charge in [-0.15, -0.1) is 12.4 Å². The van der Waals surface area contributed by atoms with E-state index in [-0.39, 0.29) is 36.3 Å². The zero-order valence-electron chi connectivity index (χ0n) is 13.5. The van der Waals surface area contributed by atoms with Crippen LogP contribution < -0.4 is 5.73 Å². The topological polar surface area (TPSA) is 66.6 Å². The fraction of sp³-hybridized carbons (Fsp3) is 0.867. The maximum Gasteiger partial charge on any atom is 0.223 e. The molecule has 2 unspecified atom stereocenters. The minimum atomic E-state index is -0.00210. The summed E-state index contributed by atoms with van der Waals surface area (Å²) < 4.78 is 0. The van der Waals surface area contributed by atoms with Gasteiger partial charge >= 0.3 is 0 Å². The molecule has 124 valence electrons. The Balaban J connectivity index is 0.00000400. The molecule has 1 rings (SSSR count). The van der Waals surface area contributed by atoms with Crippen molar-refractivity contribution in [2.75, 3.05) is 19.6 Å². The van der Waals surface area contributed by atoms with Crippen LogP contribution in [0.1, 0.15) is 52.9 Å². The highest BCUT2D eigenvalue weighted by atomic mass is 35.5. The van der Waals surface area contributed by atoms with E-state index in [0.29, 0.717) is 25.9 Å². The van der Waals surface area contributed by atoms with Crippen LogP contribution in [0.4, 0.5) is 0 Å². The Labute approximate surface area is 134 Å². The quantitative estimate of drug-likeness (QED) is 0.811. The van der Waals surface area contributed by atoms with Crippen molar-refractivity contribution in [1.29, 1.82) is 0 Å². The first-order valence-corrected chi connectivity index (χ1v) is 7.84. The van der Waals surface area contributed by atoms with Crippen molar-refractivity contribution in [2.24, 2.45) is 5.73 Å². The first-order chi connectivity index (χ1) is 9.51. The number of likely N-dealkylation sites (tertiary alicyclic amines) is 1. The molecule has 1 saturated heterocycles. The van der Waals surface area contributed by atoms with Crippen molar-refractivity contribution >= 4 is 24.2 Å². The molecule has 1 fully saturated rings. The molecular formula is C15H30ClN3O2. The second kappa shape index (κ2) is 10.0. The molecule has 0 bridgehead atoms. The lowest BCUT2D eigenvalue weighted by atomic mass is 9.96. The van der Waals surface area contributed by atoms with E-state index in [4.69, 9.17) is 5.73 Å². The number of carbonyl (C=O) groups is 2. The van der Waals surface area contributed by atoms with E-state index >= 15 is 0 Å². The number of amides is 2. The molecule has 1 aliphatic heterocycles. The van der Waals surface area contributed by atoms with Gasteiger partial charge in [0.15, 0.2) is 0 Å². The van der Waals surface area contributed by atoms with Crippen LogP contribution in [-0.2, 0) is 9.59 Å². The number of halogens is 1. The third-order valence-corrected chi connectivity index (χ3v) is 4.15. The molecule has 0 aromatic rings. The molecule has 0 aromatic heterocycles. The summed E-state index contributed by atoms with van der Waals surface area (Å²) in [6.45, 7) is 8.06. The van der Waals surface area contributed by atoms with E-state index < -0.39 is 0 Å². The molecule has 6 heteroatoms. The minimum Gasteiger partial charge on any atom is -0.343 e. The number of hydrogen-bond acceptors (Lipinski definition) is 3. The second-order valence-corrected chi connectivity index (χ2v) is 5.58. The Morgan fingerprint density at radius 2 is 1.86 bits per heavy atom. The molecule has 2 atom stereocenters. The maximum absolute atomic E-state index is 12.3. The zero-order valence-corrected chi connectivity index (χ0v) is 14.3. The van der Waals surface area contributed by atoms with E-state index in [2.05, 4.69) is 0 Å². The summed E-state index contributed by atoms with van der Waals surface area (Å²) in [6.07, 6.45) is 3.77. The fourth-order valence-electron chi connectivity index (χ4n) is 2.91. The van der Waals surface area contributed by atoms with Gasteiger partial charge < -0.3 is 15.5 Å². The van der Waals surface area contributed by atoms with E-state index in [9.17, 15) is 9.59 Å². The lowest BCUT2D eigenvalue weighted by Crippen LogP contribution is -2.51. The van der Waals surface area contributed by atoms with E-state index in [0.717, 1.165) is 25.8 Å². The van der Waals surface area contributed by atoms with Crippen molar-refractivity contribution in [2.45, 2.75) is 65.0 Å². The molecule has 0 radical (unpaired) electrons. The van der Waals surface area contributed by atoms with Crippen molar-refractivity contribution in [3.63, 3.8) is 0 Å². The SMILES string of the molecule is CCN(CC)C(=O)CCC(=O)N1CCCCC1C(C)N.Cl. The van der Waals surface area contributed by atoms with Crippen molar-refractivity contribution in [1.82, 2.24) is 9.80 Å². The monoisotopic (exact) mass is 319 g/mol. The molecule has 21 heavy (non-hydrogen) atoms. The summed E-state index contributed by atoms with van der Waals surface area (Å²) >= 11 is 0. The van der Waals surface area contributed by atoms with Crippen LogP contribution in [0.3, 0.4) is 0 Å². The van der Waals surface area contributed by atoms with Gasteiger partial charge in [0.2, 0.25) is 11.8 Å². The first kappa shape index (κ1) is 20.2. The van der Waals surface area contributed by atoms with Crippen LogP contribution in [0.2, 0.25) is 0 Å². The number of rotatable bonds is 6. The average Bonchev–Trinajstić information content (AvgIpc) is 2.46. The van der Waals surface area contributed by atoms with Crippen molar-refractivity contribution in [3.05, 3.63) is 0 Å². The standard InChI is InChI=1S/C15H29N3O2.ClH/c1-4-17(5-2)14(19)9-10-15(20)18-11-7-6-8-13(18)12(3)16;/h12-13H,4-11,16H2,1-3H3;1H. The molecule has 2 amide bonds. The van der Waals surface area contributed by atoms with Crippen molar-refractivity contribution in [3.8, 4) is 0 Å². The Morgan fingerprint density at radius 1 is 1.24 bits per heavy atom. The molecule has 0 aliphatic carbocycles. The number of piperidine rings is 1. The number of hydrogen-bond donors (Lipinski definition) is 1. The summed E-state index contributed by atoms with van der Waals surface area (Å²) in [5.41, 5.74) is 5.97. The summed E-state index contributed by atoms with van der Waals surface area (Å²) in [5.74, 6) is 0.144. The third-order valence-electron chi connectivity index (χ3n) is 4.15. The van der Waals surface area contributed by atoms with Crippen LogP contribution in [0.15, 0.2) is 0 Å². The fourth-order valence-corrected chi connectivity index (χ4v) is 2.91. The molecule has 0 saturated carbocycles. The summed E-state index contributed by atoms with van der Waals surface area (Å²) in [5, 5.41) is 0. The Bertz CT molecular complexity index is 333. The average molecular weight is 320 g/mol. The van der Waals surface area contributed by atoms with Gasteiger partial charge in [0.05, 0.1) is 0 Å². The molecular weight excluding hydrogens is 290 g/mol. The predicted octanol–water partition coefficient (Wildman–Crippen LogP) is 1.79. The summed E-state index contributed by atoms with van der Waals surface area (Å²) in [6, 6.07) is 0.137. The van der Waals surface area contributed by atoms with Gasteiger partial charge in [0, 0.05) is 44.6 Å². The largest absolute Gasteiger partial charge is 0.343 e.